The molecule has 1 aromatic carbocycles. The van der Waals surface area contributed by atoms with Gasteiger partial charge in [-0.3, -0.25) is 9.69 Å². The average Bonchev–Trinajstić information content (AvgIpc) is 3.15. The number of amides is 1. The van der Waals surface area contributed by atoms with Gasteiger partial charge in [0.05, 0.1) is 13.2 Å². The smallest absolute Gasteiger partial charge is 0.237 e. The molecule has 1 amide bonds. The minimum atomic E-state index is 0. The van der Waals surface area contributed by atoms with Crippen molar-refractivity contribution in [1.82, 2.24) is 15.5 Å². The summed E-state index contributed by atoms with van der Waals surface area (Å²) in [6.07, 6.45) is 4.49. The van der Waals surface area contributed by atoms with Crippen molar-refractivity contribution in [3.8, 4) is 5.75 Å². The number of methoxy groups -OCH3 is 1. The van der Waals surface area contributed by atoms with Crippen LogP contribution in [0.4, 0.5) is 0 Å². The van der Waals surface area contributed by atoms with E-state index in [1.165, 1.54) is 24.0 Å². The Morgan fingerprint density at radius 2 is 2.19 bits per heavy atom. The first-order chi connectivity index (χ1) is 12.2. The van der Waals surface area contributed by atoms with Gasteiger partial charge >= 0.3 is 0 Å². The topological polar surface area (TPSA) is 53.6 Å². The van der Waals surface area contributed by atoms with E-state index >= 15 is 0 Å². The minimum absolute atomic E-state index is 0. The summed E-state index contributed by atoms with van der Waals surface area (Å²) >= 11 is 0. The van der Waals surface area contributed by atoms with Crippen LogP contribution >= 0.6 is 12.4 Å². The molecule has 5 nitrogen and oxygen atoms in total. The zero-order valence-electron chi connectivity index (χ0n) is 15.9. The Morgan fingerprint density at radius 3 is 2.88 bits per heavy atom. The van der Waals surface area contributed by atoms with Crippen molar-refractivity contribution in [2.24, 2.45) is 5.92 Å². The quantitative estimate of drug-likeness (QED) is 0.795. The largest absolute Gasteiger partial charge is 0.496 e. The van der Waals surface area contributed by atoms with Crippen LogP contribution < -0.4 is 15.4 Å². The summed E-state index contributed by atoms with van der Waals surface area (Å²) in [5, 5.41) is 6.43. The van der Waals surface area contributed by atoms with E-state index in [4.69, 9.17) is 4.74 Å². The van der Waals surface area contributed by atoms with Crippen LogP contribution in [0.3, 0.4) is 0 Å². The van der Waals surface area contributed by atoms with Crippen molar-refractivity contribution in [3.63, 3.8) is 0 Å². The van der Waals surface area contributed by atoms with E-state index in [1.54, 1.807) is 7.11 Å². The molecule has 26 heavy (non-hydrogen) atoms. The molecule has 0 saturated carbocycles. The van der Waals surface area contributed by atoms with Crippen LogP contribution in [-0.2, 0) is 11.3 Å². The van der Waals surface area contributed by atoms with Crippen LogP contribution in [0.1, 0.15) is 36.8 Å². The summed E-state index contributed by atoms with van der Waals surface area (Å²) < 4.78 is 5.34. The number of likely N-dealkylation sites (tertiary alicyclic amines) is 1. The van der Waals surface area contributed by atoms with Crippen LogP contribution in [0.5, 0.6) is 5.75 Å². The molecule has 0 aromatic heterocycles. The normalized spacial score (nSPS) is 23.3. The first-order valence-corrected chi connectivity index (χ1v) is 9.52. The lowest BCUT2D eigenvalue weighted by Crippen LogP contribution is -2.45. The molecular formula is C20H32ClN3O2. The van der Waals surface area contributed by atoms with E-state index < -0.39 is 0 Å². The lowest BCUT2D eigenvalue weighted by Gasteiger charge is -2.33. The molecule has 2 fully saturated rings. The fourth-order valence-electron chi connectivity index (χ4n) is 4.04. The summed E-state index contributed by atoms with van der Waals surface area (Å²) in [4.78, 5) is 14.7. The molecule has 2 heterocycles. The van der Waals surface area contributed by atoms with Crippen LogP contribution in [0.25, 0.3) is 0 Å². The highest BCUT2D eigenvalue weighted by Gasteiger charge is 2.24. The number of carbonyl (C=O) groups is 1. The lowest BCUT2D eigenvalue weighted by molar-refractivity contribution is -0.123. The number of hydrogen-bond donors (Lipinski definition) is 2. The predicted molar refractivity (Wildman–Crippen MR) is 107 cm³/mol. The molecule has 2 unspecified atom stereocenters. The van der Waals surface area contributed by atoms with Crippen LogP contribution in [0, 0.1) is 12.8 Å². The number of hydrogen-bond acceptors (Lipinski definition) is 4. The van der Waals surface area contributed by atoms with Gasteiger partial charge in [-0.15, -0.1) is 12.4 Å². The van der Waals surface area contributed by atoms with Crippen molar-refractivity contribution in [1.29, 1.82) is 0 Å². The number of rotatable bonds is 6. The number of carbonyl (C=O) groups excluding carboxylic acids is 1. The van der Waals surface area contributed by atoms with Gasteiger partial charge in [-0.1, -0.05) is 12.1 Å². The first kappa shape index (κ1) is 21.0. The van der Waals surface area contributed by atoms with Gasteiger partial charge in [0.1, 0.15) is 5.75 Å². The summed E-state index contributed by atoms with van der Waals surface area (Å²) in [7, 11) is 1.71. The molecule has 0 bridgehead atoms. The second-order valence-corrected chi connectivity index (χ2v) is 7.44. The molecule has 146 valence electrons. The predicted octanol–water partition coefficient (Wildman–Crippen LogP) is 2.51. The fraction of sp³-hybridized carbons (Fsp3) is 0.650. The van der Waals surface area contributed by atoms with E-state index in [-0.39, 0.29) is 24.4 Å². The number of nitrogens with one attached hydrogen (secondary N) is 2. The summed E-state index contributed by atoms with van der Waals surface area (Å²) in [6, 6.07) is 6.46. The van der Waals surface area contributed by atoms with Gasteiger partial charge in [-0.2, -0.15) is 0 Å². The second kappa shape index (κ2) is 10.1. The standard InChI is InChI=1S/C20H31N3O2.ClH/c1-15-11-16(7-8-19(15)25-2)13-23-10-4-5-17(14-23)12-22-20(24)18-6-3-9-21-18;/h7-8,11,17-18,21H,3-6,9-10,12-14H2,1-2H3,(H,22,24);1H. The molecule has 0 radical (unpaired) electrons. The average molecular weight is 382 g/mol. The summed E-state index contributed by atoms with van der Waals surface area (Å²) in [5.41, 5.74) is 2.52. The third-order valence-corrected chi connectivity index (χ3v) is 5.41. The van der Waals surface area contributed by atoms with Crippen molar-refractivity contribution in [2.45, 2.75) is 45.2 Å². The number of aryl methyl sites for hydroxylation is 1. The van der Waals surface area contributed by atoms with E-state index in [9.17, 15) is 4.79 Å². The monoisotopic (exact) mass is 381 g/mol. The first-order valence-electron chi connectivity index (χ1n) is 9.52. The molecular weight excluding hydrogens is 350 g/mol. The maximum atomic E-state index is 12.2. The van der Waals surface area contributed by atoms with Crippen molar-refractivity contribution in [3.05, 3.63) is 29.3 Å². The van der Waals surface area contributed by atoms with Crippen LogP contribution in [0.15, 0.2) is 18.2 Å². The maximum Gasteiger partial charge on any atom is 0.237 e. The molecule has 1 aromatic rings. The molecule has 0 spiro atoms. The second-order valence-electron chi connectivity index (χ2n) is 7.44. The zero-order chi connectivity index (χ0) is 17.6. The molecule has 6 heteroatoms. The van der Waals surface area contributed by atoms with Crippen LogP contribution in [0.2, 0.25) is 0 Å². The Morgan fingerprint density at radius 1 is 1.35 bits per heavy atom. The van der Waals surface area contributed by atoms with E-state index in [0.717, 1.165) is 51.3 Å². The van der Waals surface area contributed by atoms with Gasteiger partial charge in [0.15, 0.2) is 0 Å². The molecule has 2 saturated heterocycles. The van der Waals surface area contributed by atoms with Gasteiger partial charge in [0.2, 0.25) is 5.91 Å². The zero-order valence-corrected chi connectivity index (χ0v) is 16.7. The number of nitrogens with zero attached hydrogens (tertiary/aromatic N) is 1. The van der Waals surface area contributed by atoms with Crippen molar-refractivity contribution in [2.75, 3.05) is 33.3 Å². The highest BCUT2D eigenvalue weighted by molar-refractivity contribution is 5.85. The van der Waals surface area contributed by atoms with Gasteiger partial charge < -0.3 is 15.4 Å². The third kappa shape index (κ3) is 5.60. The van der Waals surface area contributed by atoms with E-state index in [2.05, 4.69) is 40.7 Å². The summed E-state index contributed by atoms with van der Waals surface area (Å²) in [5.74, 6) is 1.68. The van der Waals surface area contributed by atoms with E-state index in [1.807, 2.05) is 0 Å². The number of ether oxygens (including phenoxy) is 1. The Bertz CT molecular complexity index is 590. The third-order valence-electron chi connectivity index (χ3n) is 5.41. The Balaban J connectivity index is 0.00000243. The molecule has 0 aliphatic carbocycles. The Labute approximate surface area is 163 Å². The van der Waals surface area contributed by atoms with Gasteiger partial charge in [0, 0.05) is 19.6 Å². The number of benzene rings is 1. The molecule has 2 aliphatic rings. The Hall–Kier alpha value is -1.30. The number of piperidine rings is 1. The highest BCUT2D eigenvalue weighted by Crippen LogP contribution is 2.22. The number of halogens is 1. The SMILES string of the molecule is COc1ccc(CN2CCCC(CNC(=O)C3CCCN3)C2)cc1C.Cl. The lowest BCUT2D eigenvalue weighted by atomic mass is 9.97. The fourth-order valence-corrected chi connectivity index (χ4v) is 4.04. The van der Waals surface area contributed by atoms with Gasteiger partial charge in [-0.25, -0.2) is 0 Å². The maximum absolute atomic E-state index is 12.2. The molecule has 2 N–H and O–H groups in total. The molecule has 2 aliphatic heterocycles. The van der Waals surface area contributed by atoms with Crippen molar-refractivity contribution < 1.29 is 9.53 Å². The molecule has 3 rings (SSSR count). The van der Waals surface area contributed by atoms with Crippen LogP contribution in [-0.4, -0.2) is 50.1 Å². The van der Waals surface area contributed by atoms with Gasteiger partial charge in [-0.05, 0) is 68.8 Å². The van der Waals surface area contributed by atoms with Gasteiger partial charge in [0.25, 0.3) is 0 Å². The van der Waals surface area contributed by atoms with Crippen molar-refractivity contribution >= 4 is 18.3 Å². The van der Waals surface area contributed by atoms with E-state index in [0.29, 0.717) is 5.92 Å². The minimum Gasteiger partial charge on any atom is -0.496 e. The molecule has 2 atom stereocenters. The highest BCUT2D eigenvalue weighted by atomic mass is 35.5. The summed E-state index contributed by atoms with van der Waals surface area (Å²) in [6.45, 7) is 7.03. The Kier molecular flexibility index (Phi) is 8.19.